The van der Waals surface area contributed by atoms with E-state index in [2.05, 4.69) is 10.6 Å². The Labute approximate surface area is 192 Å². The first kappa shape index (κ1) is 24.2. The second kappa shape index (κ2) is 10.4. The molecule has 0 atom stereocenters. The molecule has 1 saturated heterocycles. The summed E-state index contributed by atoms with van der Waals surface area (Å²) in [4.78, 5) is 26.0. The minimum absolute atomic E-state index is 0.0707. The van der Waals surface area contributed by atoms with Crippen LogP contribution in [0, 0.1) is 0 Å². The van der Waals surface area contributed by atoms with Gasteiger partial charge in [0.2, 0.25) is 5.91 Å². The zero-order valence-corrected chi connectivity index (χ0v) is 18.3. The van der Waals surface area contributed by atoms with Gasteiger partial charge in [-0.1, -0.05) is 29.3 Å². The second-order valence-corrected chi connectivity index (χ2v) is 7.84. The normalized spacial score (nSPS) is 14.2. The summed E-state index contributed by atoms with van der Waals surface area (Å²) in [7, 11) is 0. The maximum absolute atomic E-state index is 13.6. The Morgan fingerprint density at radius 1 is 1.00 bits per heavy atom. The molecule has 2 amide bonds. The average molecular weight is 490 g/mol. The molecule has 172 valence electrons. The van der Waals surface area contributed by atoms with Crippen molar-refractivity contribution in [3.05, 3.63) is 63.1 Å². The van der Waals surface area contributed by atoms with Crippen LogP contribution in [-0.2, 0) is 22.3 Å². The molecule has 2 aromatic carbocycles. The Bertz CT molecular complexity index is 996. The number of anilines is 1. The highest BCUT2D eigenvalue weighted by molar-refractivity contribution is 6.42. The van der Waals surface area contributed by atoms with Crippen molar-refractivity contribution in [1.82, 2.24) is 10.6 Å². The number of halogens is 5. The van der Waals surface area contributed by atoms with E-state index >= 15 is 0 Å². The molecule has 0 aromatic heterocycles. The van der Waals surface area contributed by atoms with E-state index < -0.39 is 30.1 Å². The number of nitrogens with zero attached hydrogens (tertiary/aromatic N) is 1. The van der Waals surface area contributed by atoms with Gasteiger partial charge in [0.05, 0.1) is 35.4 Å². The van der Waals surface area contributed by atoms with Crippen LogP contribution >= 0.6 is 23.2 Å². The van der Waals surface area contributed by atoms with Gasteiger partial charge in [0.1, 0.15) is 0 Å². The largest absolute Gasteiger partial charge is 0.416 e. The van der Waals surface area contributed by atoms with Crippen molar-refractivity contribution in [2.45, 2.75) is 12.7 Å². The minimum Gasteiger partial charge on any atom is -0.378 e. The number of hydrogen-bond acceptors (Lipinski definition) is 4. The summed E-state index contributed by atoms with van der Waals surface area (Å²) >= 11 is 11.7. The van der Waals surface area contributed by atoms with E-state index in [0.717, 1.165) is 6.07 Å². The van der Waals surface area contributed by atoms with Gasteiger partial charge in [-0.3, -0.25) is 9.59 Å². The van der Waals surface area contributed by atoms with Crippen LogP contribution in [0.5, 0.6) is 0 Å². The Hall–Kier alpha value is -2.49. The topological polar surface area (TPSA) is 70.7 Å². The van der Waals surface area contributed by atoms with E-state index in [0.29, 0.717) is 32.0 Å². The fourth-order valence-corrected chi connectivity index (χ4v) is 3.46. The second-order valence-electron chi connectivity index (χ2n) is 7.03. The van der Waals surface area contributed by atoms with Crippen LogP contribution in [0.3, 0.4) is 0 Å². The Morgan fingerprint density at radius 2 is 1.72 bits per heavy atom. The number of carbonyl (C=O) groups is 2. The third kappa shape index (κ3) is 6.27. The van der Waals surface area contributed by atoms with Crippen molar-refractivity contribution in [2.75, 3.05) is 37.7 Å². The zero-order chi connectivity index (χ0) is 23.3. The van der Waals surface area contributed by atoms with Crippen molar-refractivity contribution in [3.8, 4) is 0 Å². The van der Waals surface area contributed by atoms with Crippen molar-refractivity contribution in [1.29, 1.82) is 0 Å². The quantitative estimate of drug-likeness (QED) is 0.645. The first-order valence-corrected chi connectivity index (χ1v) is 10.4. The zero-order valence-electron chi connectivity index (χ0n) is 16.8. The summed E-state index contributed by atoms with van der Waals surface area (Å²) in [6, 6.07) is 8.25. The molecule has 3 rings (SSSR count). The SMILES string of the molecule is O=C(CNC(=O)c1ccc(Cl)c(Cl)c1)NCc1ccc(N2CCOCC2)cc1C(F)(F)F. The molecule has 0 bridgehead atoms. The summed E-state index contributed by atoms with van der Waals surface area (Å²) < 4.78 is 46.0. The predicted octanol–water partition coefficient (Wildman–Crippen LogP) is 3.90. The van der Waals surface area contributed by atoms with Crippen LogP contribution in [0.4, 0.5) is 18.9 Å². The van der Waals surface area contributed by atoms with Gasteiger partial charge in [0, 0.05) is 30.9 Å². The van der Waals surface area contributed by atoms with Gasteiger partial charge >= 0.3 is 6.18 Å². The lowest BCUT2D eigenvalue weighted by Gasteiger charge is -2.29. The lowest BCUT2D eigenvalue weighted by atomic mass is 10.0. The number of alkyl halides is 3. The number of benzene rings is 2. The van der Waals surface area contributed by atoms with E-state index in [1.54, 1.807) is 6.07 Å². The summed E-state index contributed by atoms with van der Waals surface area (Å²) in [6.07, 6.45) is -4.58. The molecule has 1 fully saturated rings. The number of morpholine rings is 1. The number of nitrogens with one attached hydrogen (secondary N) is 2. The minimum atomic E-state index is -4.58. The molecular formula is C21H20Cl2F3N3O3. The van der Waals surface area contributed by atoms with E-state index in [-0.39, 0.29) is 27.7 Å². The molecule has 11 heteroatoms. The van der Waals surface area contributed by atoms with Crippen LogP contribution in [0.15, 0.2) is 36.4 Å². The molecule has 0 spiro atoms. The van der Waals surface area contributed by atoms with E-state index in [1.807, 2.05) is 4.90 Å². The van der Waals surface area contributed by atoms with Crippen molar-refractivity contribution >= 4 is 40.7 Å². The van der Waals surface area contributed by atoms with Crippen LogP contribution < -0.4 is 15.5 Å². The van der Waals surface area contributed by atoms with Gasteiger partial charge in [-0.25, -0.2) is 0 Å². The molecule has 6 nitrogen and oxygen atoms in total. The smallest absolute Gasteiger partial charge is 0.378 e. The third-order valence-electron chi connectivity index (χ3n) is 4.84. The third-order valence-corrected chi connectivity index (χ3v) is 5.58. The molecule has 0 radical (unpaired) electrons. The fourth-order valence-electron chi connectivity index (χ4n) is 3.16. The highest BCUT2D eigenvalue weighted by Crippen LogP contribution is 2.35. The summed E-state index contributed by atoms with van der Waals surface area (Å²) in [5.74, 6) is -1.20. The van der Waals surface area contributed by atoms with E-state index in [1.165, 1.54) is 24.3 Å². The van der Waals surface area contributed by atoms with Crippen LogP contribution in [0.2, 0.25) is 10.0 Å². The highest BCUT2D eigenvalue weighted by atomic mass is 35.5. The molecule has 1 aliphatic rings. The van der Waals surface area contributed by atoms with Gasteiger partial charge < -0.3 is 20.3 Å². The summed E-state index contributed by atoms with van der Waals surface area (Å²) in [6.45, 7) is 1.17. The molecule has 2 aromatic rings. The molecule has 0 unspecified atom stereocenters. The number of ether oxygens (including phenoxy) is 1. The van der Waals surface area contributed by atoms with Gasteiger partial charge in [-0.05, 0) is 35.9 Å². The maximum Gasteiger partial charge on any atom is 0.416 e. The first-order chi connectivity index (χ1) is 15.1. The number of hydrogen-bond donors (Lipinski definition) is 2. The number of carbonyl (C=O) groups excluding carboxylic acids is 2. The van der Waals surface area contributed by atoms with E-state index in [4.69, 9.17) is 27.9 Å². The summed E-state index contributed by atoms with van der Waals surface area (Å²) in [5.41, 5.74) is -0.241. The molecule has 0 saturated carbocycles. The Kier molecular flexibility index (Phi) is 7.86. The lowest BCUT2D eigenvalue weighted by Crippen LogP contribution is -2.37. The van der Waals surface area contributed by atoms with Gasteiger partial charge in [0.15, 0.2) is 0 Å². The van der Waals surface area contributed by atoms with E-state index in [9.17, 15) is 22.8 Å². The van der Waals surface area contributed by atoms with Crippen molar-refractivity contribution in [2.24, 2.45) is 0 Å². The van der Waals surface area contributed by atoms with Crippen molar-refractivity contribution < 1.29 is 27.5 Å². The first-order valence-electron chi connectivity index (χ1n) is 9.68. The van der Waals surface area contributed by atoms with Gasteiger partial charge in [-0.2, -0.15) is 13.2 Å². The Morgan fingerprint density at radius 3 is 2.38 bits per heavy atom. The Balaban J connectivity index is 1.60. The fraction of sp³-hybridized carbons (Fsp3) is 0.333. The molecule has 0 aliphatic carbocycles. The summed E-state index contributed by atoms with van der Waals surface area (Å²) in [5, 5.41) is 5.25. The molecule has 1 heterocycles. The molecular weight excluding hydrogens is 470 g/mol. The molecule has 32 heavy (non-hydrogen) atoms. The molecule has 1 aliphatic heterocycles. The van der Waals surface area contributed by atoms with Gasteiger partial charge in [0.25, 0.3) is 5.91 Å². The monoisotopic (exact) mass is 489 g/mol. The van der Waals surface area contributed by atoms with Crippen LogP contribution in [-0.4, -0.2) is 44.7 Å². The number of amides is 2. The standard InChI is InChI=1S/C21H20Cl2F3N3O3/c22-17-4-2-13(9-18(17)23)20(31)28-12-19(30)27-11-14-1-3-15(10-16(14)21(24,25)26)29-5-7-32-8-6-29/h1-4,9-10H,5-8,11-12H2,(H,27,30)(H,28,31). The lowest BCUT2D eigenvalue weighted by molar-refractivity contribution is -0.138. The van der Waals surface area contributed by atoms with Gasteiger partial charge in [-0.15, -0.1) is 0 Å². The maximum atomic E-state index is 13.6. The van der Waals surface area contributed by atoms with Crippen LogP contribution in [0.1, 0.15) is 21.5 Å². The highest BCUT2D eigenvalue weighted by Gasteiger charge is 2.34. The number of rotatable bonds is 6. The van der Waals surface area contributed by atoms with Crippen molar-refractivity contribution in [3.63, 3.8) is 0 Å². The molecule has 2 N–H and O–H groups in total. The average Bonchev–Trinajstić information content (AvgIpc) is 2.77. The predicted molar refractivity (Wildman–Crippen MR) is 115 cm³/mol. The van der Waals surface area contributed by atoms with Crippen LogP contribution in [0.25, 0.3) is 0 Å².